The Morgan fingerprint density at radius 3 is 2.22 bits per heavy atom. The maximum atomic E-state index is 12.5. The molecule has 0 aromatic heterocycles. The van der Waals surface area contributed by atoms with Crippen molar-refractivity contribution in [2.45, 2.75) is 6.61 Å². The summed E-state index contributed by atoms with van der Waals surface area (Å²) in [7, 11) is 0. The number of amides is 1. The standard InChI is InChI=1S/C24H19NO2/c26-24(25-22-13-10-19-8-4-5-9-21(19)16-22)20-11-14-23(15-12-20)27-17-18-6-2-1-3-7-18/h1-16H,17H2,(H,25,26). The maximum absolute atomic E-state index is 12.5. The summed E-state index contributed by atoms with van der Waals surface area (Å²) in [6, 6.07) is 31.1. The Labute approximate surface area is 158 Å². The van der Waals surface area contributed by atoms with E-state index in [-0.39, 0.29) is 5.91 Å². The highest BCUT2D eigenvalue weighted by molar-refractivity contribution is 6.05. The second-order valence-corrected chi connectivity index (χ2v) is 6.31. The van der Waals surface area contributed by atoms with Gasteiger partial charge in [-0.2, -0.15) is 0 Å². The minimum absolute atomic E-state index is 0.139. The number of hydrogen-bond donors (Lipinski definition) is 1. The van der Waals surface area contributed by atoms with Crippen molar-refractivity contribution >= 4 is 22.4 Å². The van der Waals surface area contributed by atoms with Crippen molar-refractivity contribution < 1.29 is 9.53 Å². The lowest BCUT2D eigenvalue weighted by molar-refractivity contribution is 0.102. The first-order chi connectivity index (χ1) is 13.3. The molecule has 4 aromatic carbocycles. The molecule has 4 aromatic rings. The van der Waals surface area contributed by atoms with Gasteiger partial charge >= 0.3 is 0 Å². The lowest BCUT2D eigenvalue weighted by Crippen LogP contribution is -2.11. The van der Waals surface area contributed by atoms with E-state index >= 15 is 0 Å². The van der Waals surface area contributed by atoms with Gasteiger partial charge < -0.3 is 10.1 Å². The van der Waals surface area contributed by atoms with Crippen LogP contribution in [-0.4, -0.2) is 5.91 Å². The summed E-state index contributed by atoms with van der Waals surface area (Å²) in [5.74, 6) is 0.598. The van der Waals surface area contributed by atoms with Crippen LogP contribution in [0.4, 0.5) is 5.69 Å². The van der Waals surface area contributed by atoms with Crippen LogP contribution in [0.2, 0.25) is 0 Å². The quantitative estimate of drug-likeness (QED) is 0.502. The molecule has 3 nitrogen and oxygen atoms in total. The summed E-state index contributed by atoms with van der Waals surface area (Å²) in [6.07, 6.45) is 0. The zero-order chi connectivity index (χ0) is 18.5. The molecule has 0 bridgehead atoms. The highest BCUT2D eigenvalue weighted by atomic mass is 16.5. The second-order valence-electron chi connectivity index (χ2n) is 6.31. The van der Waals surface area contributed by atoms with Crippen LogP contribution >= 0.6 is 0 Å². The molecule has 0 radical (unpaired) electrons. The molecule has 0 unspecified atom stereocenters. The van der Waals surface area contributed by atoms with E-state index in [1.165, 1.54) is 0 Å². The second kappa shape index (κ2) is 7.75. The molecule has 0 atom stereocenters. The Morgan fingerprint density at radius 1 is 0.741 bits per heavy atom. The summed E-state index contributed by atoms with van der Waals surface area (Å²) < 4.78 is 5.76. The van der Waals surface area contributed by atoms with E-state index in [0.29, 0.717) is 12.2 Å². The summed E-state index contributed by atoms with van der Waals surface area (Å²) in [5.41, 5.74) is 2.48. The molecular formula is C24H19NO2. The number of fused-ring (bicyclic) bond motifs is 1. The largest absolute Gasteiger partial charge is 0.489 e. The summed E-state index contributed by atoms with van der Waals surface area (Å²) in [5, 5.41) is 5.19. The zero-order valence-electron chi connectivity index (χ0n) is 14.8. The SMILES string of the molecule is O=C(Nc1ccc2ccccc2c1)c1ccc(OCc2ccccc2)cc1. The van der Waals surface area contributed by atoms with Crippen molar-refractivity contribution in [3.63, 3.8) is 0 Å². The molecule has 132 valence electrons. The van der Waals surface area contributed by atoms with E-state index in [4.69, 9.17) is 4.74 Å². The molecule has 0 spiro atoms. The minimum Gasteiger partial charge on any atom is -0.489 e. The van der Waals surface area contributed by atoms with Crippen LogP contribution in [0.3, 0.4) is 0 Å². The number of rotatable bonds is 5. The first-order valence-electron chi connectivity index (χ1n) is 8.85. The van der Waals surface area contributed by atoms with Crippen molar-refractivity contribution in [2.24, 2.45) is 0 Å². The number of ether oxygens (including phenoxy) is 1. The highest BCUT2D eigenvalue weighted by Crippen LogP contribution is 2.20. The van der Waals surface area contributed by atoms with Gasteiger partial charge in [0, 0.05) is 11.3 Å². The van der Waals surface area contributed by atoms with Crippen molar-refractivity contribution in [3.8, 4) is 5.75 Å². The molecule has 27 heavy (non-hydrogen) atoms. The van der Waals surface area contributed by atoms with Gasteiger partial charge in [-0.3, -0.25) is 4.79 Å². The van der Waals surface area contributed by atoms with Crippen LogP contribution < -0.4 is 10.1 Å². The predicted molar refractivity (Wildman–Crippen MR) is 109 cm³/mol. The summed E-state index contributed by atoms with van der Waals surface area (Å²) in [4.78, 5) is 12.5. The average Bonchev–Trinajstić information content (AvgIpc) is 2.73. The van der Waals surface area contributed by atoms with Crippen molar-refractivity contribution in [2.75, 3.05) is 5.32 Å². The van der Waals surface area contributed by atoms with E-state index in [9.17, 15) is 4.79 Å². The number of nitrogens with one attached hydrogen (secondary N) is 1. The number of hydrogen-bond acceptors (Lipinski definition) is 2. The van der Waals surface area contributed by atoms with Gasteiger partial charge in [-0.1, -0.05) is 60.7 Å². The normalized spacial score (nSPS) is 10.5. The summed E-state index contributed by atoms with van der Waals surface area (Å²) >= 11 is 0. The average molecular weight is 353 g/mol. The molecule has 4 rings (SSSR count). The first-order valence-corrected chi connectivity index (χ1v) is 8.85. The van der Waals surface area contributed by atoms with Gasteiger partial charge in [0.15, 0.2) is 0 Å². The van der Waals surface area contributed by atoms with Gasteiger partial charge in [-0.25, -0.2) is 0 Å². The maximum Gasteiger partial charge on any atom is 0.255 e. The number of anilines is 1. The van der Waals surface area contributed by atoms with Gasteiger partial charge in [0.25, 0.3) is 5.91 Å². The Kier molecular flexibility index (Phi) is 4.84. The van der Waals surface area contributed by atoms with Gasteiger partial charge in [0.05, 0.1) is 0 Å². The fraction of sp³-hybridized carbons (Fsp3) is 0.0417. The smallest absolute Gasteiger partial charge is 0.255 e. The van der Waals surface area contributed by atoms with Crippen LogP contribution in [0.5, 0.6) is 5.75 Å². The number of carbonyl (C=O) groups is 1. The van der Waals surface area contributed by atoms with Crippen LogP contribution in [0, 0.1) is 0 Å². The Morgan fingerprint density at radius 2 is 1.44 bits per heavy atom. The Bertz CT molecular complexity index is 1060. The van der Waals surface area contributed by atoms with Crippen molar-refractivity contribution in [3.05, 3.63) is 108 Å². The molecule has 1 N–H and O–H groups in total. The topological polar surface area (TPSA) is 38.3 Å². The van der Waals surface area contributed by atoms with Crippen molar-refractivity contribution in [1.82, 2.24) is 0 Å². The molecule has 0 saturated heterocycles. The third-order valence-corrected chi connectivity index (χ3v) is 4.37. The lowest BCUT2D eigenvalue weighted by atomic mass is 10.1. The third kappa shape index (κ3) is 4.15. The monoisotopic (exact) mass is 353 g/mol. The molecule has 0 heterocycles. The molecule has 0 aliphatic rings. The molecular weight excluding hydrogens is 334 g/mol. The molecule has 1 amide bonds. The van der Waals surface area contributed by atoms with Crippen LogP contribution in [0.1, 0.15) is 15.9 Å². The first kappa shape index (κ1) is 16.9. The van der Waals surface area contributed by atoms with Crippen LogP contribution in [-0.2, 0) is 6.61 Å². The predicted octanol–water partition coefficient (Wildman–Crippen LogP) is 5.67. The Balaban J connectivity index is 1.41. The highest BCUT2D eigenvalue weighted by Gasteiger charge is 2.07. The number of benzene rings is 4. The number of carbonyl (C=O) groups excluding carboxylic acids is 1. The van der Waals surface area contributed by atoms with E-state index in [1.807, 2.05) is 78.9 Å². The fourth-order valence-corrected chi connectivity index (χ4v) is 2.91. The van der Waals surface area contributed by atoms with Gasteiger partial charge in [0.2, 0.25) is 0 Å². The molecule has 0 aliphatic heterocycles. The van der Waals surface area contributed by atoms with Crippen LogP contribution in [0.25, 0.3) is 10.8 Å². The minimum atomic E-state index is -0.139. The molecule has 0 saturated carbocycles. The van der Waals surface area contributed by atoms with Gasteiger partial charge in [-0.05, 0) is 52.7 Å². The third-order valence-electron chi connectivity index (χ3n) is 4.37. The van der Waals surface area contributed by atoms with Crippen LogP contribution in [0.15, 0.2) is 97.1 Å². The zero-order valence-corrected chi connectivity index (χ0v) is 14.8. The molecule has 3 heteroatoms. The van der Waals surface area contributed by atoms with Crippen molar-refractivity contribution in [1.29, 1.82) is 0 Å². The van der Waals surface area contributed by atoms with Gasteiger partial charge in [0.1, 0.15) is 12.4 Å². The summed E-state index contributed by atoms with van der Waals surface area (Å²) in [6.45, 7) is 0.503. The van der Waals surface area contributed by atoms with E-state index in [1.54, 1.807) is 12.1 Å². The Hall–Kier alpha value is -3.59. The van der Waals surface area contributed by atoms with E-state index < -0.39 is 0 Å². The van der Waals surface area contributed by atoms with E-state index in [2.05, 4.69) is 11.4 Å². The molecule has 0 aliphatic carbocycles. The van der Waals surface area contributed by atoms with E-state index in [0.717, 1.165) is 27.8 Å². The fourth-order valence-electron chi connectivity index (χ4n) is 2.91. The van der Waals surface area contributed by atoms with Gasteiger partial charge in [-0.15, -0.1) is 0 Å². The molecule has 0 fully saturated rings. The lowest BCUT2D eigenvalue weighted by Gasteiger charge is -2.09.